The van der Waals surface area contributed by atoms with E-state index in [1.165, 1.54) is 7.11 Å². The van der Waals surface area contributed by atoms with Crippen molar-refractivity contribution in [1.29, 1.82) is 0 Å². The maximum Gasteiger partial charge on any atom is 0.251 e. The van der Waals surface area contributed by atoms with Crippen LogP contribution in [0, 0.1) is 5.41 Å². The predicted molar refractivity (Wildman–Crippen MR) is 59.6 cm³/mol. The minimum absolute atomic E-state index is 0.0447. The van der Waals surface area contributed by atoms with E-state index in [1.54, 1.807) is 6.92 Å². The van der Waals surface area contributed by atoms with Crippen LogP contribution in [0.4, 0.5) is 0 Å². The molecule has 1 amide bonds. The van der Waals surface area contributed by atoms with Crippen molar-refractivity contribution in [3.63, 3.8) is 0 Å². The van der Waals surface area contributed by atoms with E-state index in [0.29, 0.717) is 13.0 Å². The fourth-order valence-corrected chi connectivity index (χ4v) is 0.960. The van der Waals surface area contributed by atoms with E-state index in [2.05, 4.69) is 5.32 Å². The number of carbonyl (C=O) groups excluding carboxylic acids is 1. The third kappa shape index (κ3) is 4.18. The Morgan fingerprint density at radius 1 is 1.40 bits per heavy atom. The van der Waals surface area contributed by atoms with Crippen molar-refractivity contribution in [2.75, 3.05) is 20.3 Å². The van der Waals surface area contributed by atoms with Gasteiger partial charge in [-0.15, -0.1) is 0 Å². The molecule has 4 nitrogen and oxygen atoms in total. The summed E-state index contributed by atoms with van der Waals surface area (Å²) in [6.07, 6.45) is 0.620. The molecule has 0 radical (unpaired) electrons. The smallest absolute Gasteiger partial charge is 0.251 e. The minimum atomic E-state index is -0.772. The second kappa shape index (κ2) is 5.47. The van der Waals surface area contributed by atoms with Crippen LogP contribution in [0.1, 0.15) is 34.1 Å². The molecule has 0 aliphatic rings. The molecule has 1 unspecified atom stereocenters. The first kappa shape index (κ1) is 14.4. The van der Waals surface area contributed by atoms with Crippen molar-refractivity contribution in [2.45, 2.75) is 39.7 Å². The van der Waals surface area contributed by atoms with E-state index in [1.807, 2.05) is 20.8 Å². The maximum absolute atomic E-state index is 11.8. The molecule has 0 rings (SSSR count). The van der Waals surface area contributed by atoms with Crippen LogP contribution in [0.15, 0.2) is 0 Å². The molecule has 0 aliphatic heterocycles. The van der Waals surface area contributed by atoms with Crippen LogP contribution >= 0.6 is 0 Å². The van der Waals surface area contributed by atoms with Crippen molar-refractivity contribution in [2.24, 2.45) is 5.41 Å². The molecular weight excluding hydrogens is 194 g/mol. The second-order valence-corrected chi connectivity index (χ2v) is 4.79. The Hall–Kier alpha value is -0.610. The molecule has 0 aromatic heterocycles. The Labute approximate surface area is 92.0 Å². The number of aliphatic hydroxyl groups excluding tert-OH is 1. The van der Waals surface area contributed by atoms with Gasteiger partial charge in [-0.1, -0.05) is 20.8 Å². The van der Waals surface area contributed by atoms with Gasteiger partial charge in [0.15, 0.2) is 0 Å². The summed E-state index contributed by atoms with van der Waals surface area (Å²) in [5.74, 6) is -0.131. The minimum Gasteiger partial charge on any atom is -0.396 e. The number of aliphatic hydroxyl groups is 1. The molecule has 90 valence electrons. The van der Waals surface area contributed by atoms with E-state index in [4.69, 9.17) is 9.84 Å². The number of amides is 1. The van der Waals surface area contributed by atoms with Crippen LogP contribution in [-0.2, 0) is 9.53 Å². The van der Waals surface area contributed by atoms with Crippen LogP contribution in [0.3, 0.4) is 0 Å². The summed E-state index contributed by atoms with van der Waals surface area (Å²) >= 11 is 0. The highest BCUT2D eigenvalue weighted by atomic mass is 16.5. The number of nitrogens with one attached hydrogen (secondary N) is 1. The molecular formula is C11H23NO3. The normalized spacial score (nSPS) is 15.9. The maximum atomic E-state index is 11.8. The van der Waals surface area contributed by atoms with E-state index in [-0.39, 0.29) is 17.9 Å². The molecule has 0 saturated heterocycles. The molecule has 2 N–H and O–H groups in total. The molecule has 1 atom stereocenters. The Morgan fingerprint density at radius 3 is 2.27 bits per heavy atom. The molecule has 0 aromatic rings. The largest absolute Gasteiger partial charge is 0.396 e. The molecule has 15 heavy (non-hydrogen) atoms. The zero-order chi connectivity index (χ0) is 12.1. The Bertz CT molecular complexity index is 210. The SMILES string of the molecule is CCC(C)(OC)C(=O)NCC(C)(C)CO. The van der Waals surface area contributed by atoms with E-state index in [9.17, 15) is 4.79 Å². The van der Waals surface area contributed by atoms with Crippen LogP contribution in [0.5, 0.6) is 0 Å². The summed E-state index contributed by atoms with van der Waals surface area (Å²) in [5, 5.41) is 11.8. The van der Waals surface area contributed by atoms with Crippen LogP contribution in [0.2, 0.25) is 0 Å². The topological polar surface area (TPSA) is 58.6 Å². The van der Waals surface area contributed by atoms with Gasteiger partial charge in [0.2, 0.25) is 0 Å². The number of ether oxygens (including phenoxy) is 1. The van der Waals surface area contributed by atoms with Crippen molar-refractivity contribution < 1.29 is 14.6 Å². The Morgan fingerprint density at radius 2 is 1.93 bits per heavy atom. The van der Waals surface area contributed by atoms with Gasteiger partial charge in [0.05, 0.1) is 0 Å². The summed E-state index contributed by atoms with van der Waals surface area (Å²) in [5.41, 5.74) is -1.07. The molecule has 0 aliphatic carbocycles. The van der Waals surface area contributed by atoms with Gasteiger partial charge in [0, 0.05) is 25.7 Å². The zero-order valence-corrected chi connectivity index (χ0v) is 10.4. The number of hydrogen-bond donors (Lipinski definition) is 2. The van der Waals surface area contributed by atoms with Gasteiger partial charge in [0.25, 0.3) is 5.91 Å². The fraction of sp³-hybridized carbons (Fsp3) is 0.909. The average Bonchev–Trinajstić information content (AvgIpc) is 2.24. The lowest BCUT2D eigenvalue weighted by Gasteiger charge is -2.28. The first-order valence-corrected chi connectivity index (χ1v) is 5.25. The van der Waals surface area contributed by atoms with E-state index >= 15 is 0 Å². The van der Waals surface area contributed by atoms with Crippen molar-refractivity contribution >= 4 is 5.91 Å². The third-order valence-corrected chi connectivity index (χ3v) is 2.76. The quantitative estimate of drug-likeness (QED) is 0.696. The van der Waals surface area contributed by atoms with Gasteiger partial charge >= 0.3 is 0 Å². The number of rotatable bonds is 6. The van der Waals surface area contributed by atoms with Gasteiger partial charge in [0.1, 0.15) is 5.60 Å². The zero-order valence-electron chi connectivity index (χ0n) is 10.4. The Kier molecular flexibility index (Phi) is 5.24. The van der Waals surface area contributed by atoms with Crippen molar-refractivity contribution in [1.82, 2.24) is 5.32 Å². The summed E-state index contributed by atoms with van der Waals surface area (Å²) in [6.45, 7) is 7.94. The van der Waals surface area contributed by atoms with Gasteiger partial charge < -0.3 is 15.2 Å². The average molecular weight is 217 g/mol. The van der Waals surface area contributed by atoms with Crippen LogP contribution in [0.25, 0.3) is 0 Å². The van der Waals surface area contributed by atoms with Crippen LogP contribution in [-0.4, -0.2) is 36.9 Å². The van der Waals surface area contributed by atoms with Gasteiger partial charge in [-0.3, -0.25) is 4.79 Å². The third-order valence-electron chi connectivity index (χ3n) is 2.76. The lowest BCUT2D eigenvalue weighted by Crippen LogP contribution is -2.48. The second-order valence-electron chi connectivity index (χ2n) is 4.79. The molecule has 0 saturated carbocycles. The lowest BCUT2D eigenvalue weighted by molar-refractivity contribution is -0.142. The molecule has 0 aromatic carbocycles. The first-order valence-electron chi connectivity index (χ1n) is 5.25. The summed E-state index contributed by atoms with van der Waals surface area (Å²) in [7, 11) is 1.53. The van der Waals surface area contributed by atoms with Crippen molar-refractivity contribution in [3.8, 4) is 0 Å². The number of carbonyl (C=O) groups is 1. The first-order chi connectivity index (χ1) is 6.81. The lowest BCUT2D eigenvalue weighted by atomic mass is 9.94. The molecule has 0 fully saturated rings. The fourth-order valence-electron chi connectivity index (χ4n) is 0.960. The molecule has 0 spiro atoms. The molecule has 0 bridgehead atoms. The van der Waals surface area contributed by atoms with Gasteiger partial charge in [-0.25, -0.2) is 0 Å². The molecule has 4 heteroatoms. The molecule has 0 heterocycles. The van der Waals surface area contributed by atoms with Crippen molar-refractivity contribution in [3.05, 3.63) is 0 Å². The van der Waals surface area contributed by atoms with E-state index in [0.717, 1.165) is 0 Å². The number of hydrogen-bond acceptors (Lipinski definition) is 3. The standard InChI is InChI=1S/C11H23NO3/c1-6-11(4,15-5)9(14)12-7-10(2,3)8-13/h13H,6-8H2,1-5H3,(H,12,14). The monoisotopic (exact) mass is 217 g/mol. The van der Waals surface area contributed by atoms with Crippen LogP contribution < -0.4 is 5.32 Å². The summed E-state index contributed by atoms with van der Waals surface area (Å²) < 4.78 is 5.17. The van der Waals surface area contributed by atoms with Gasteiger partial charge in [-0.05, 0) is 13.3 Å². The Balaban J connectivity index is 4.26. The highest BCUT2D eigenvalue weighted by molar-refractivity contribution is 5.84. The summed E-state index contributed by atoms with van der Waals surface area (Å²) in [4.78, 5) is 11.8. The number of methoxy groups -OCH3 is 1. The van der Waals surface area contributed by atoms with E-state index < -0.39 is 5.60 Å². The highest BCUT2D eigenvalue weighted by Gasteiger charge is 2.31. The predicted octanol–water partition coefficient (Wildman–Crippen LogP) is 0.936. The highest BCUT2D eigenvalue weighted by Crippen LogP contribution is 2.16. The van der Waals surface area contributed by atoms with Gasteiger partial charge in [-0.2, -0.15) is 0 Å². The summed E-state index contributed by atoms with van der Waals surface area (Å²) in [6, 6.07) is 0.